The zero-order valence-corrected chi connectivity index (χ0v) is 60.9. The molecule has 0 aliphatic heterocycles. The standard InChI is InChI=1S/C27H30N2O2.C18H18O2.C17H16O2.C16H15I.C14H10/c1-4-25(21-11-7-5-8-12-21)26(22-13-9-6-10-14-22)27(30)28-23-15-17-24(18-16-23)31-20-19-29(2)3;1-3-16(14-10-6-4-7-11-14)17(18(19)20-2)15-12-8-5-9-13-15;1-2-15(13-9-5-3-6-10-13)16(17(18)19)14-11-7-4-8-12-14;1-2-15(13-9-5-3-6-10-13)16(17)14-11-7-4-8-12-14;1-3-7-13(8-4-1)11-12-14-9-5-2-6-10-14/h5-18H,4,19-20H2,1-3H3,(H,28,30);4-13H,3H2,1-2H3;3-12H,2H2,1H3,(H,18,19);3-12H,2H2,1H3;1-10H/b;;;16-15+;. The van der Waals surface area contributed by atoms with Crippen LogP contribution >= 0.6 is 22.6 Å². The van der Waals surface area contributed by atoms with Crippen molar-refractivity contribution in [3.8, 4) is 17.6 Å². The van der Waals surface area contributed by atoms with Crippen LogP contribution in [0.4, 0.5) is 5.69 Å². The molecule has 8 nitrogen and oxygen atoms in total. The normalized spacial score (nSPS) is 11.4. The number of nitrogens with one attached hydrogen (secondary N) is 1. The van der Waals surface area contributed by atoms with E-state index in [1.165, 1.54) is 27.4 Å². The minimum Gasteiger partial charge on any atom is -0.492 e. The first-order chi connectivity index (χ1) is 49.4. The topological polar surface area (TPSA) is 105 Å². The van der Waals surface area contributed by atoms with Gasteiger partial charge in [0, 0.05) is 26.9 Å². The molecule has 0 saturated carbocycles. The Balaban J connectivity index is 0.000000182. The number of amides is 1. The first-order valence-electron chi connectivity index (χ1n) is 34.0. The number of hydrogen-bond acceptors (Lipinski definition) is 6. The number of allylic oxidation sites excluding steroid dienone is 4. The van der Waals surface area contributed by atoms with E-state index >= 15 is 0 Å². The van der Waals surface area contributed by atoms with Crippen LogP contribution in [0.2, 0.25) is 0 Å². The third kappa shape index (κ3) is 25.0. The van der Waals surface area contributed by atoms with Crippen LogP contribution in [0.1, 0.15) is 109 Å². The molecule has 11 aromatic rings. The van der Waals surface area contributed by atoms with Crippen molar-refractivity contribution in [2.75, 3.05) is 39.7 Å². The van der Waals surface area contributed by atoms with Crippen molar-refractivity contribution >= 4 is 88.7 Å². The Kier molecular flexibility index (Phi) is 33.1. The summed E-state index contributed by atoms with van der Waals surface area (Å²) in [7, 11) is 5.45. The first-order valence-corrected chi connectivity index (χ1v) is 35.1. The maximum absolute atomic E-state index is 13.4. The summed E-state index contributed by atoms with van der Waals surface area (Å²) in [6.45, 7) is 9.80. The molecular weight excluding hydrogens is 1360 g/mol. The van der Waals surface area contributed by atoms with E-state index in [4.69, 9.17) is 9.47 Å². The van der Waals surface area contributed by atoms with E-state index in [-0.39, 0.29) is 11.9 Å². The highest BCUT2D eigenvalue weighted by molar-refractivity contribution is 14.1. The highest BCUT2D eigenvalue weighted by Crippen LogP contribution is 2.35. The van der Waals surface area contributed by atoms with Gasteiger partial charge in [0.25, 0.3) is 5.91 Å². The summed E-state index contributed by atoms with van der Waals surface area (Å²) in [4.78, 5) is 39.3. The number of carbonyl (C=O) groups is 3. The van der Waals surface area contributed by atoms with E-state index < -0.39 is 5.97 Å². The smallest absolute Gasteiger partial charge is 0.338 e. The van der Waals surface area contributed by atoms with Gasteiger partial charge in [0.2, 0.25) is 0 Å². The van der Waals surface area contributed by atoms with Crippen molar-refractivity contribution in [1.29, 1.82) is 0 Å². The van der Waals surface area contributed by atoms with E-state index in [0.29, 0.717) is 29.7 Å². The van der Waals surface area contributed by atoms with Crippen molar-refractivity contribution in [3.63, 3.8) is 0 Å². The van der Waals surface area contributed by atoms with E-state index in [2.05, 4.69) is 131 Å². The summed E-state index contributed by atoms with van der Waals surface area (Å²) < 4.78 is 12.1. The highest BCUT2D eigenvalue weighted by atomic mass is 127. The van der Waals surface area contributed by atoms with Gasteiger partial charge in [-0.2, -0.15) is 0 Å². The number of esters is 1. The van der Waals surface area contributed by atoms with Gasteiger partial charge in [0.05, 0.1) is 23.8 Å². The predicted molar refractivity (Wildman–Crippen MR) is 432 cm³/mol. The van der Waals surface area contributed by atoms with Gasteiger partial charge in [-0.05, 0) is 178 Å². The third-order valence-electron chi connectivity index (χ3n) is 15.9. The molecule has 0 bridgehead atoms. The Labute approximate surface area is 612 Å². The van der Waals surface area contributed by atoms with E-state index in [1.54, 1.807) is 0 Å². The second-order valence-corrected chi connectivity index (χ2v) is 24.2. The second kappa shape index (κ2) is 43.3. The van der Waals surface area contributed by atoms with Crippen LogP contribution < -0.4 is 10.1 Å². The third-order valence-corrected chi connectivity index (χ3v) is 17.2. The lowest BCUT2D eigenvalue weighted by Crippen LogP contribution is -2.19. The van der Waals surface area contributed by atoms with Gasteiger partial charge in [0.1, 0.15) is 12.4 Å². The van der Waals surface area contributed by atoms with E-state index in [1.807, 2.05) is 283 Å². The van der Waals surface area contributed by atoms with Crippen LogP contribution in [0, 0.1) is 11.8 Å². The molecule has 0 aliphatic carbocycles. The average Bonchev–Trinajstić information content (AvgIpc) is 0.889. The lowest BCUT2D eigenvalue weighted by Gasteiger charge is -2.16. The molecule has 0 unspecified atom stereocenters. The zero-order chi connectivity index (χ0) is 71.8. The van der Waals surface area contributed by atoms with Gasteiger partial charge < -0.3 is 24.8 Å². The summed E-state index contributed by atoms with van der Waals surface area (Å²) in [5.41, 5.74) is 17.1. The van der Waals surface area contributed by atoms with Gasteiger partial charge in [0.15, 0.2) is 0 Å². The molecule has 11 rings (SSSR count). The molecular formula is C92H89IN2O6. The Morgan fingerprint density at radius 3 is 0.990 bits per heavy atom. The second-order valence-electron chi connectivity index (χ2n) is 23.1. The monoisotopic (exact) mass is 1440 g/mol. The Bertz CT molecular complexity index is 4420. The minimum absolute atomic E-state index is 0.117. The fourth-order valence-corrected chi connectivity index (χ4v) is 12.0. The Hall–Kier alpha value is -11.2. The highest BCUT2D eigenvalue weighted by Gasteiger charge is 2.21. The molecule has 510 valence electrons. The Morgan fingerprint density at radius 2 is 0.663 bits per heavy atom. The maximum Gasteiger partial charge on any atom is 0.338 e. The van der Waals surface area contributed by atoms with Crippen LogP contribution in [-0.2, 0) is 19.1 Å². The van der Waals surface area contributed by atoms with Crippen molar-refractivity contribution in [2.45, 2.75) is 53.4 Å². The SMILES string of the molecule is C(#Cc1ccccc1)c1ccccc1.CC/C(=C(\I)c1ccccc1)c1ccccc1.CCC(=C(C(=O)Nc1ccc(OCCN(C)C)cc1)c1ccccc1)c1ccccc1.CCC(=C(C(=O)O)c1ccccc1)c1ccccc1.CCC(=C(C(=O)OC)c1ccccc1)c1ccccc1. The van der Waals surface area contributed by atoms with Gasteiger partial charge in [-0.25, -0.2) is 9.59 Å². The van der Waals surface area contributed by atoms with Crippen LogP contribution in [-0.4, -0.2) is 62.2 Å². The molecule has 0 saturated heterocycles. The molecule has 101 heavy (non-hydrogen) atoms. The number of methoxy groups -OCH3 is 1. The maximum atomic E-state index is 13.4. The molecule has 0 aromatic heterocycles. The van der Waals surface area contributed by atoms with Crippen molar-refractivity contribution in [2.24, 2.45) is 0 Å². The van der Waals surface area contributed by atoms with Crippen LogP contribution in [0.5, 0.6) is 5.75 Å². The number of aliphatic carboxylic acids is 1. The number of ether oxygens (including phenoxy) is 2. The number of carboxylic acid groups (broad SMARTS) is 1. The molecule has 9 heteroatoms. The molecule has 2 N–H and O–H groups in total. The van der Waals surface area contributed by atoms with Crippen LogP contribution in [0.15, 0.2) is 328 Å². The van der Waals surface area contributed by atoms with Gasteiger partial charge >= 0.3 is 11.9 Å². The lowest BCUT2D eigenvalue weighted by atomic mass is 9.92. The predicted octanol–water partition coefficient (Wildman–Crippen LogP) is 22.3. The molecule has 0 atom stereocenters. The van der Waals surface area contributed by atoms with Crippen molar-refractivity contribution in [1.82, 2.24) is 4.90 Å². The molecule has 0 aliphatic rings. The number of carbonyl (C=O) groups excluding carboxylic acids is 2. The average molecular weight is 1450 g/mol. The summed E-state index contributed by atoms with van der Waals surface area (Å²) >= 11 is 2.45. The lowest BCUT2D eigenvalue weighted by molar-refractivity contribution is -0.133. The number of rotatable bonds is 20. The molecule has 1 amide bonds. The quantitative estimate of drug-likeness (QED) is 0.0257. The number of nitrogens with zero attached hydrogens (tertiary/aromatic N) is 1. The van der Waals surface area contributed by atoms with Crippen molar-refractivity contribution < 1.29 is 29.0 Å². The van der Waals surface area contributed by atoms with Crippen molar-refractivity contribution in [3.05, 3.63) is 383 Å². The molecule has 11 aromatic carbocycles. The number of likely N-dealkylation sites (N-methyl/N-ethyl adjacent to an activating group) is 1. The van der Waals surface area contributed by atoms with E-state index in [0.717, 1.165) is 98.5 Å². The number of halogens is 1. The number of benzene rings is 11. The first kappa shape index (κ1) is 77.2. The Morgan fingerprint density at radius 1 is 0.376 bits per heavy atom. The molecule has 0 fully saturated rings. The summed E-state index contributed by atoms with van der Waals surface area (Å²) in [6, 6.07) is 107. The molecule has 0 spiro atoms. The molecule has 0 radical (unpaired) electrons. The largest absolute Gasteiger partial charge is 0.492 e. The fourth-order valence-electron chi connectivity index (χ4n) is 10.9. The molecule has 0 heterocycles. The minimum atomic E-state index is -0.882. The number of hydrogen-bond donors (Lipinski definition) is 2. The number of carboxylic acids is 1. The van der Waals surface area contributed by atoms with Crippen LogP contribution in [0.25, 0.3) is 42.6 Å². The summed E-state index contributed by atoms with van der Waals surface area (Å²) in [5.74, 6) is 5.72. The van der Waals surface area contributed by atoms with Gasteiger partial charge in [-0.15, -0.1) is 0 Å². The summed E-state index contributed by atoms with van der Waals surface area (Å²) in [6.07, 6.45) is 3.25. The van der Waals surface area contributed by atoms with E-state index in [9.17, 15) is 19.5 Å². The van der Waals surface area contributed by atoms with Crippen LogP contribution in [0.3, 0.4) is 0 Å². The number of anilines is 1. The van der Waals surface area contributed by atoms with Gasteiger partial charge in [-0.1, -0.05) is 319 Å². The van der Waals surface area contributed by atoms with Gasteiger partial charge in [-0.3, -0.25) is 4.79 Å². The summed E-state index contributed by atoms with van der Waals surface area (Å²) in [5, 5.41) is 12.6. The zero-order valence-electron chi connectivity index (χ0n) is 58.7. The fraction of sp³-hybridized carbons (Fsp3) is 0.141.